The van der Waals surface area contributed by atoms with E-state index in [1.807, 2.05) is 0 Å². The molecule has 6 heteroatoms. The number of hydrogen-bond acceptors (Lipinski definition) is 5. The Bertz CT molecular complexity index is 511. The molecule has 1 aliphatic rings. The molecule has 1 heterocycles. The molecule has 1 N–H and O–H groups in total. The number of anilines is 1. The standard InChI is InChI=1S/C15H21N3O3/c1-12-4-7-17(8-5-12)9-6-16-14-3-2-13(11-19)10-15(14)18(20)21/h2-3,10-12,16H,4-9H2,1H3. The maximum atomic E-state index is 11.0. The number of nitrogens with zero attached hydrogens (tertiary/aromatic N) is 2. The van der Waals surface area contributed by atoms with Crippen molar-refractivity contribution in [2.24, 2.45) is 5.92 Å². The molecule has 1 aliphatic heterocycles. The van der Waals surface area contributed by atoms with Gasteiger partial charge in [0.1, 0.15) is 12.0 Å². The summed E-state index contributed by atoms with van der Waals surface area (Å²) in [6.07, 6.45) is 3.05. The molecule has 0 unspecified atom stereocenters. The lowest BCUT2D eigenvalue weighted by molar-refractivity contribution is -0.384. The summed E-state index contributed by atoms with van der Waals surface area (Å²) in [5.74, 6) is 0.797. The van der Waals surface area contributed by atoms with E-state index < -0.39 is 4.92 Å². The second-order valence-corrected chi connectivity index (χ2v) is 5.60. The monoisotopic (exact) mass is 291 g/mol. The summed E-state index contributed by atoms with van der Waals surface area (Å²) in [7, 11) is 0. The summed E-state index contributed by atoms with van der Waals surface area (Å²) in [6.45, 7) is 5.99. The third kappa shape index (κ3) is 4.26. The van der Waals surface area contributed by atoms with Crippen molar-refractivity contribution in [1.29, 1.82) is 0 Å². The van der Waals surface area contributed by atoms with E-state index in [1.165, 1.54) is 18.9 Å². The van der Waals surface area contributed by atoms with Crippen LogP contribution in [0.15, 0.2) is 18.2 Å². The molecular formula is C15H21N3O3. The van der Waals surface area contributed by atoms with E-state index in [-0.39, 0.29) is 5.69 Å². The number of carbonyl (C=O) groups is 1. The molecule has 0 radical (unpaired) electrons. The van der Waals surface area contributed by atoms with E-state index in [1.54, 1.807) is 12.1 Å². The first-order valence-corrected chi connectivity index (χ1v) is 7.30. The number of nitrogens with one attached hydrogen (secondary N) is 1. The topological polar surface area (TPSA) is 75.5 Å². The predicted octanol–water partition coefficient (Wildman–Crippen LogP) is 2.55. The third-order valence-corrected chi connectivity index (χ3v) is 3.97. The fourth-order valence-corrected chi connectivity index (χ4v) is 2.56. The number of aldehydes is 1. The lowest BCUT2D eigenvalue weighted by Crippen LogP contribution is -2.36. The van der Waals surface area contributed by atoms with Gasteiger partial charge < -0.3 is 10.2 Å². The predicted molar refractivity (Wildman–Crippen MR) is 81.8 cm³/mol. The maximum Gasteiger partial charge on any atom is 0.293 e. The minimum atomic E-state index is -0.460. The van der Waals surface area contributed by atoms with Crippen molar-refractivity contribution in [3.8, 4) is 0 Å². The van der Waals surface area contributed by atoms with Crippen LogP contribution < -0.4 is 5.32 Å². The summed E-state index contributed by atoms with van der Waals surface area (Å²) >= 11 is 0. The van der Waals surface area contributed by atoms with Gasteiger partial charge in [0, 0.05) is 24.7 Å². The van der Waals surface area contributed by atoms with Crippen LogP contribution in [-0.2, 0) is 0 Å². The molecule has 0 saturated carbocycles. The highest BCUT2D eigenvalue weighted by molar-refractivity contribution is 5.79. The Labute approximate surface area is 124 Å². The van der Waals surface area contributed by atoms with Crippen molar-refractivity contribution in [2.45, 2.75) is 19.8 Å². The van der Waals surface area contributed by atoms with E-state index in [0.29, 0.717) is 24.1 Å². The van der Waals surface area contributed by atoms with Crippen molar-refractivity contribution in [2.75, 3.05) is 31.5 Å². The highest BCUT2D eigenvalue weighted by Crippen LogP contribution is 2.25. The molecule has 2 rings (SSSR count). The Morgan fingerprint density at radius 1 is 1.43 bits per heavy atom. The van der Waals surface area contributed by atoms with Gasteiger partial charge in [-0.25, -0.2) is 0 Å². The first kappa shape index (κ1) is 15.4. The number of likely N-dealkylation sites (tertiary alicyclic amines) is 1. The first-order valence-electron chi connectivity index (χ1n) is 7.30. The van der Waals surface area contributed by atoms with Gasteiger partial charge in [-0.1, -0.05) is 6.92 Å². The van der Waals surface area contributed by atoms with Crippen LogP contribution in [0.3, 0.4) is 0 Å². The van der Waals surface area contributed by atoms with E-state index >= 15 is 0 Å². The quantitative estimate of drug-likeness (QED) is 0.495. The minimum Gasteiger partial charge on any atom is -0.378 e. The van der Waals surface area contributed by atoms with Crippen molar-refractivity contribution in [1.82, 2.24) is 4.90 Å². The summed E-state index contributed by atoms with van der Waals surface area (Å²) < 4.78 is 0. The Hall–Kier alpha value is -1.95. The fraction of sp³-hybridized carbons (Fsp3) is 0.533. The lowest BCUT2D eigenvalue weighted by Gasteiger charge is -2.30. The van der Waals surface area contributed by atoms with Crippen molar-refractivity contribution in [3.05, 3.63) is 33.9 Å². The first-order chi connectivity index (χ1) is 10.1. The van der Waals surface area contributed by atoms with Crippen molar-refractivity contribution < 1.29 is 9.72 Å². The second kappa shape index (κ2) is 7.17. The number of hydrogen-bond donors (Lipinski definition) is 1. The van der Waals surface area contributed by atoms with Gasteiger partial charge in [0.25, 0.3) is 5.69 Å². The van der Waals surface area contributed by atoms with E-state index in [2.05, 4.69) is 17.1 Å². The van der Waals surface area contributed by atoms with Crippen LogP contribution in [0, 0.1) is 16.0 Å². The number of piperidine rings is 1. The molecule has 1 aromatic rings. The Balaban J connectivity index is 1.90. The van der Waals surface area contributed by atoms with Crippen LogP contribution in [0.5, 0.6) is 0 Å². The van der Waals surface area contributed by atoms with Crippen molar-refractivity contribution >= 4 is 17.7 Å². The minimum absolute atomic E-state index is 0.0492. The van der Waals surface area contributed by atoms with Crippen molar-refractivity contribution in [3.63, 3.8) is 0 Å². The average Bonchev–Trinajstić information content (AvgIpc) is 2.49. The molecule has 1 fully saturated rings. The number of carbonyl (C=O) groups excluding carboxylic acids is 1. The molecule has 0 bridgehead atoms. The normalized spacial score (nSPS) is 16.6. The van der Waals surface area contributed by atoms with E-state index in [0.717, 1.165) is 25.6 Å². The van der Waals surface area contributed by atoms with Gasteiger partial charge in [0.15, 0.2) is 0 Å². The van der Waals surface area contributed by atoms with Gasteiger partial charge in [-0.3, -0.25) is 14.9 Å². The zero-order valence-corrected chi connectivity index (χ0v) is 12.2. The number of nitro groups is 1. The zero-order chi connectivity index (χ0) is 15.2. The van der Waals surface area contributed by atoms with Crippen LogP contribution in [0.2, 0.25) is 0 Å². The third-order valence-electron chi connectivity index (χ3n) is 3.97. The van der Waals surface area contributed by atoms with Gasteiger partial charge in [0.2, 0.25) is 0 Å². The van der Waals surface area contributed by atoms with Crippen LogP contribution in [-0.4, -0.2) is 42.3 Å². The molecule has 21 heavy (non-hydrogen) atoms. The van der Waals surface area contributed by atoms with Crippen LogP contribution >= 0.6 is 0 Å². The lowest BCUT2D eigenvalue weighted by atomic mass is 9.99. The average molecular weight is 291 g/mol. The highest BCUT2D eigenvalue weighted by atomic mass is 16.6. The Morgan fingerprint density at radius 2 is 2.14 bits per heavy atom. The molecule has 114 valence electrons. The van der Waals surface area contributed by atoms with Gasteiger partial charge in [-0.2, -0.15) is 0 Å². The molecular weight excluding hydrogens is 270 g/mol. The van der Waals surface area contributed by atoms with Gasteiger partial charge in [-0.05, 0) is 44.0 Å². The van der Waals surface area contributed by atoms with Crippen LogP contribution in [0.1, 0.15) is 30.1 Å². The second-order valence-electron chi connectivity index (χ2n) is 5.60. The van der Waals surface area contributed by atoms with Gasteiger partial charge >= 0.3 is 0 Å². The molecule has 0 aromatic heterocycles. The largest absolute Gasteiger partial charge is 0.378 e. The molecule has 0 atom stereocenters. The molecule has 0 spiro atoms. The summed E-state index contributed by atoms with van der Waals surface area (Å²) in [5, 5.41) is 14.1. The number of benzene rings is 1. The summed E-state index contributed by atoms with van der Waals surface area (Å²) in [5.41, 5.74) is 0.736. The molecule has 0 amide bonds. The van der Waals surface area contributed by atoms with Gasteiger partial charge in [-0.15, -0.1) is 0 Å². The SMILES string of the molecule is CC1CCN(CCNc2ccc(C=O)cc2[N+](=O)[O-])CC1. The van der Waals surface area contributed by atoms with Crippen LogP contribution in [0.4, 0.5) is 11.4 Å². The summed E-state index contributed by atoms with van der Waals surface area (Å²) in [6, 6.07) is 4.49. The molecule has 0 aliphatic carbocycles. The summed E-state index contributed by atoms with van der Waals surface area (Å²) in [4.78, 5) is 23.6. The number of nitro benzene ring substituents is 1. The maximum absolute atomic E-state index is 11.0. The Kier molecular flexibility index (Phi) is 5.27. The highest BCUT2D eigenvalue weighted by Gasteiger charge is 2.17. The smallest absolute Gasteiger partial charge is 0.293 e. The Morgan fingerprint density at radius 3 is 2.76 bits per heavy atom. The van der Waals surface area contributed by atoms with E-state index in [9.17, 15) is 14.9 Å². The zero-order valence-electron chi connectivity index (χ0n) is 12.2. The molecule has 6 nitrogen and oxygen atoms in total. The van der Waals surface area contributed by atoms with Gasteiger partial charge in [0.05, 0.1) is 4.92 Å². The van der Waals surface area contributed by atoms with E-state index in [4.69, 9.17) is 0 Å². The van der Waals surface area contributed by atoms with Crippen LogP contribution in [0.25, 0.3) is 0 Å². The molecule has 1 aromatic carbocycles. The fourth-order valence-electron chi connectivity index (χ4n) is 2.56. The molecule has 1 saturated heterocycles. The number of rotatable bonds is 6.